The van der Waals surface area contributed by atoms with Crippen molar-refractivity contribution in [1.29, 1.82) is 0 Å². The highest BCUT2D eigenvalue weighted by Gasteiger charge is 2.62. The van der Waals surface area contributed by atoms with E-state index in [9.17, 15) is 18.3 Å². The zero-order valence-electron chi connectivity index (χ0n) is 14.9. The molecule has 0 spiro atoms. The number of carbonyl (C=O) groups is 1. The molecule has 1 aliphatic carbocycles. The fourth-order valence-corrected chi connectivity index (χ4v) is 4.10. The summed E-state index contributed by atoms with van der Waals surface area (Å²) in [7, 11) is -3.25. The van der Waals surface area contributed by atoms with Crippen LogP contribution in [0.2, 0.25) is 0 Å². The lowest BCUT2D eigenvalue weighted by atomic mass is 10.0. The van der Waals surface area contributed by atoms with Crippen LogP contribution in [0.1, 0.15) is 30.9 Å². The highest BCUT2D eigenvalue weighted by Crippen LogP contribution is 2.64. The fraction of sp³-hybridized carbons (Fsp3) is 0.316. The first-order valence-electron chi connectivity index (χ1n) is 8.25. The number of amides is 1. The number of carbonyl (C=O) groups excluding carboxylic acids is 1. The van der Waals surface area contributed by atoms with E-state index >= 15 is 0 Å². The van der Waals surface area contributed by atoms with Crippen LogP contribution in [-0.2, 0) is 4.79 Å². The smallest absolute Gasteiger partial charge is 0.228 e. The Morgan fingerprint density at radius 1 is 1.19 bits per heavy atom. The standard InChI is InChI=1S/C19H23FN2O3S/c1-11-4-7-13(20)10-15(11)22-18(23)17-16(19(17,2)3)12-5-8-14(9-6-12)26(21,24)25/h4-10,16-17,24-25H,21H2,1-3H3,(H,22,23)/t16-,17+/m0/s1. The van der Waals surface area contributed by atoms with Gasteiger partial charge in [-0.3, -0.25) is 13.9 Å². The summed E-state index contributed by atoms with van der Waals surface area (Å²) < 4.78 is 32.5. The summed E-state index contributed by atoms with van der Waals surface area (Å²) in [5.74, 6) is -0.811. The normalized spacial score (nSPS) is 22.0. The third kappa shape index (κ3) is 3.48. The summed E-state index contributed by atoms with van der Waals surface area (Å²) in [5.41, 5.74) is 1.95. The van der Waals surface area contributed by atoms with E-state index in [1.54, 1.807) is 30.3 Å². The molecule has 5 N–H and O–H groups in total. The van der Waals surface area contributed by atoms with E-state index in [1.165, 1.54) is 12.1 Å². The van der Waals surface area contributed by atoms with Gasteiger partial charge in [-0.2, -0.15) is 0 Å². The zero-order chi connectivity index (χ0) is 19.3. The number of halogens is 1. The first-order valence-corrected chi connectivity index (χ1v) is 9.86. The Bertz CT molecular complexity index is 847. The van der Waals surface area contributed by atoms with Gasteiger partial charge in [-0.1, -0.05) is 32.0 Å². The van der Waals surface area contributed by atoms with Crippen LogP contribution in [0.25, 0.3) is 0 Å². The first-order chi connectivity index (χ1) is 12.0. The van der Waals surface area contributed by atoms with Gasteiger partial charge in [0.25, 0.3) is 0 Å². The predicted molar refractivity (Wildman–Crippen MR) is 102 cm³/mol. The zero-order valence-corrected chi connectivity index (χ0v) is 15.7. The molecule has 140 valence electrons. The summed E-state index contributed by atoms with van der Waals surface area (Å²) in [6.07, 6.45) is 0. The van der Waals surface area contributed by atoms with Crippen molar-refractivity contribution in [3.05, 3.63) is 59.4 Å². The maximum Gasteiger partial charge on any atom is 0.228 e. The second kappa shape index (κ2) is 6.35. The summed E-state index contributed by atoms with van der Waals surface area (Å²) in [6.45, 7) is 5.82. The van der Waals surface area contributed by atoms with Gasteiger partial charge in [0.2, 0.25) is 5.91 Å². The Morgan fingerprint density at radius 3 is 2.38 bits per heavy atom. The predicted octanol–water partition coefficient (Wildman–Crippen LogP) is 4.50. The SMILES string of the molecule is Cc1ccc(F)cc1NC(=O)[C@H]1[C@H](c2ccc(S(N)(O)O)cc2)C1(C)C. The number of nitrogens with one attached hydrogen (secondary N) is 1. The molecule has 0 aromatic heterocycles. The molecule has 0 aliphatic heterocycles. The molecule has 2 atom stereocenters. The van der Waals surface area contributed by atoms with Crippen LogP contribution in [-0.4, -0.2) is 15.0 Å². The minimum atomic E-state index is -3.25. The number of rotatable bonds is 4. The van der Waals surface area contributed by atoms with Gasteiger partial charge in [-0.05, 0) is 47.7 Å². The Kier molecular flexibility index (Phi) is 4.60. The van der Waals surface area contributed by atoms with Gasteiger partial charge >= 0.3 is 0 Å². The number of nitrogens with two attached hydrogens (primary N) is 1. The monoisotopic (exact) mass is 378 g/mol. The van der Waals surface area contributed by atoms with E-state index in [2.05, 4.69) is 5.32 Å². The van der Waals surface area contributed by atoms with Crippen LogP contribution < -0.4 is 10.5 Å². The van der Waals surface area contributed by atoms with Crippen molar-refractivity contribution in [2.75, 3.05) is 5.32 Å². The number of aryl methyl sites for hydroxylation is 1. The Balaban J connectivity index is 1.79. The van der Waals surface area contributed by atoms with Crippen LogP contribution in [0.3, 0.4) is 0 Å². The number of benzene rings is 2. The van der Waals surface area contributed by atoms with Gasteiger partial charge in [0.1, 0.15) is 5.82 Å². The van der Waals surface area contributed by atoms with Crippen LogP contribution in [0.4, 0.5) is 10.1 Å². The van der Waals surface area contributed by atoms with Crippen LogP contribution in [0, 0.1) is 24.1 Å². The minimum Gasteiger partial charge on any atom is -0.325 e. The van der Waals surface area contributed by atoms with Gasteiger partial charge in [-0.15, -0.1) is 10.8 Å². The number of hydrogen-bond acceptors (Lipinski definition) is 4. The molecule has 2 aromatic rings. The van der Waals surface area contributed by atoms with Gasteiger partial charge in [-0.25, -0.2) is 9.53 Å². The molecule has 1 saturated carbocycles. The second-order valence-electron chi connectivity index (χ2n) is 7.39. The van der Waals surface area contributed by atoms with Crippen LogP contribution >= 0.6 is 10.8 Å². The lowest BCUT2D eigenvalue weighted by Gasteiger charge is -2.26. The van der Waals surface area contributed by atoms with Crippen molar-refractivity contribution >= 4 is 22.4 Å². The van der Waals surface area contributed by atoms with Crippen LogP contribution in [0.15, 0.2) is 47.4 Å². The van der Waals surface area contributed by atoms with E-state index in [0.717, 1.165) is 11.1 Å². The number of anilines is 1. The Labute approximate surface area is 153 Å². The summed E-state index contributed by atoms with van der Waals surface area (Å²) in [6, 6.07) is 11.0. The molecule has 1 amide bonds. The molecule has 0 unspecified atom stereocenters. The number of hydrogen-bond donors (Lipinski definition) is 4. The molecule has 0 saturated heterocycles. The van der Waals surface area contributed by atoms with Crippen molar-refractivity contribution in [1.82, 2.24) is 0 Å². The topological polar surface area (TPSA) is 95.6 Å². The maximum atomic E-state index is 13.4. The maximum absolute atomic E-state index is 13.4. The van der Waals surface area contributed by atoms with E-state index in [1.807, 2.05) is 20.8 Å². The molecule has 0 heterocycles. The largest absolute Gasteiger partial charge is 0.325 e. The van der Waals surface area contributed by atoms with Gasteiger partial charge < -0.3 is 5.32 Å². The van der Waals surface area contributed by atoms with Gasteiger partial charge in [0, 0.05) is 11.6 Å². The lowest BCUT2D eigenvalue weighted by Crippen LogP contribution is -2.17. The summed E-state index contributed by atoms with van der Waals surface area (Å²) in [5, 5.41) is 8.17. The quantitative estimate of drug-likeness (QED) is 0.630. The van der Waals surface area contributed by atoms with Gasteiger partial charge in [0.15, 0.2) is 0 Å². The van der Waals surface area contributed by atoms with Crippen molar-refractivity contribution in [2.45, 2.75) is 31.6 Å². The van der Waals surface area contributed by atoms with Gasteiger partial charge in [0.05, 0.1) is 10.8 Å². The highest BCUT2D eigenvalue weighted by molar-refractivity contribution is 8.22. The molecule has 5 nitrogen and oxygen atoms in total. The van der Waals surface area contributed by atoms with Crippen molar-refractivity contribution in [3.63, 3.8) is 0 Å². The third-order valence-electron chi connectivity index (χ3n) is 5.15. The molecule has 3 rings (SSSR count). The average molecular weight is 378 g/mol. The molecule has 2 aromatic carbocycles. The minimum absolute atomic E-state index is 0.00928. The lowest BCUT2D eigenvalue weighted by molar-refractivity contribution is -0.118. The molecule has 7 heteroatoms. The average Bonchev–Trinajstić information content (AvgIpc) is 3.12. The third-order valence-corrected chi connectivity index (χ3v) is 6.12. The highest BCUT2D eigenvalue weighted by atomic mass is 32.3. The Hall–Kier alpha value is -1.93. The molecular formula is C19H23FN2O3S. The fourth-order valence-electron chi connectivity index (χ4n) is 3.56. The van der Waals surface area contributed by atoms with Crippen molar-refractivity contribution in [2.24, 2.45) is 16.5 Å². The molecule has 26 heavy (non-hydrogen) atoms. The van der Waals surface area contributed by atoms with E-state index in [4.69, 9.17) is 5.14 Å². The molecular weight excluding hydrogens is 355 g/mol. The molecule has 0 radical (unpaired) electrons. The van der Waals surface area contributed by atoms with E-state index in [-0.39, 0.29) is 28.1 Å². The first kappa shape index (κ1) is 18.8. The van der Waals surface area contributed by atoms with Crippen molar-refractivity contribution < 1.29 is 18.3 Å². The summed E-state index contributed by atoms with van der Waals surface area (Å²) >= 11 is 0. The molecule has 0 bridgehead atoms. The van der Waals surface area contributed by atoms with Crippen molar-refractivity contribution in [3.8, 4) is 0 Å². The second-order valence-corrected chi connectivity index (χ2v) is 9.04. The Morgan fingerprint density at radius 2 is 1.81 bits per heavy atom. The van der Waals surface area contributed by atoms with E-state index < -0.39 is 16.6 Å². The van der Waals surface area contributed by atoms with E-state index in [0.29, 0.717) is 5.69 Å². The van der Waals surface area contributed by atoms with Crippen LogP contribution in [0.5, 0.6) is 0 Å². The molecule has 1 aliphatic rings. The summed E-state index contributed by atoms with van der Waals surface area (Å²) in [4.78, 5) is 13.0. The molecule has 1 fully saturated rings.